The van der Waals surface area contributed by atoms with Gasteiger partial charge in [-0.3, -0.25) is 4.79 Å². The first-order valence-electron chi connectivity index (χ1n) is 6.16. The number of rotatable bonds is 4. The molecule has 1 heterocycles. The number of pyridine rings is 1. The van der Waals surface area contributed by atoms with Crippen molar-refractivity contribution in [1.82, 2.24) is 4.98 Å². The zero-order valence-corrected chi connectivity index (χ0v) is 11.7. The number of nitrogens with two attached hydrogens (primary N) is 1. The van der Waals surface area contributed by atoms with Gasteiger partial charge in [0.2, 0.25) is 0 Å². The van der Waals surface area contributed by atoms with Crippen LogP contribution in [0.1, 0.15) is 22.8 Å². The quantitative estimate of drug-likeness (QED) is 0.597. The van der Waals surface area contributed by atoms with E-state index in [0.29, 0.717) is 16.4 Å². The van der Waals surface area contributed by atoms with E-state index >= 15 is 0 Å². The molecule has 0 aliphatic rings. The number of halogens is 1. The molecule has 104 valence electrons. The summed E-state index contributed by atoms with van der Waals surface area (Å²) in [7, 11) is 0. The average molecular weight is 291 g/mol. The van der Waals surface area contributed by atoms with Crippen molar-refractivity contribution >= 4 is 29.0 Å². The minimum atomic E-state index is -0.267. The molecular formula is C14H15ClN4O. The molecule has 0 fully saturated rings. The minimum Gasteiger partial charge on any atom is -0.322 e. The van der Waals surface area contributed by atoms with Crippen LogP contribution in [0, 0.1) is 0 Å². The van der Waals surface area contributed by atoms with Crippen molar-refractivity contribution < 1.29 is 4.79 Å². The summed E-state index contributed by atoms with van der Waals surface area (Å²) in [6, 6.07) is 9.20. The lowest BCUT2D eigenvalue weighted by Gasteiger charge is -2.08. The van der Waals surface area contributed by atoms with E-state index in [-0.39, 0.29) is 5.91 Å². The van der Waals surface area contributed by atoms with Gasteiger partial charge >= 0.3 is 0 Å². The van der Waals surface area contributed by atoms with Gasteiger partial charge in [0.1, 0.15) is 0 Å². The maximum atomic E-state index is 12.1. The molecule has 0 atom stereocenters. The molecule has 5 nitrogen and oxygen atoms in total. The van der Waals surface area contributed by atoms with Gasteiger partial charge in [-0.25, -0.2) is 10.8 Å². The summed E-state index contributed by atoms with van der Waals surface area (Å²) in [5.74, 6) is 5.30. The zero-order chi connectivity index (χ0) is 14.5. The minimum absolute atomic E-state index is 0.267. The summed E-state index contributed by atoms with van der Waals surface area (Å²) in [4.78, 5) is 16.1. The molecule has 0 spiro atoms. The van der Waals surface area contributed by atoms with Crippen molar-refractivity contribution in [3.63, 3.8) is 0 Å². The van der Waals surface area contributed by atoms with E-state index in [1.807, 2.05) is 24.3 Å². The number of benzene rings is 1. The van der Waals surface area contributed by atoms with Crippen LogP contribution >= 0.6 is 11.6 Å². The van der Waals surface area contributed by atoms with Gasteiger partial charge in [-0.05, 0) is 30.2 Å². The highest BCUT2D eigenvalue weighted by atomic mass is 35.5. The first-order valence-corrected chi connectivity index (χ1v) is 6.54. The van der Waals surface area contributed by atoms with Gasteiger partial charge in [0, 0.05) is 11.9 Å². The van der Waals surface area contributed by atoms with Crippen molar-refractivity contribution in [1.29, 1.82) is 0 Å². The number of amides is 1. The summed E-state index contributed by atoms with van der Waals surface area (Å²) in [6.45, 7) is 2.06. The van der Waals surface area contributed by atoms with Crippen LogP contribution in [0.25, 0.3) is 0 Å². The average Bonchev–Trinajstić information content (AvgIpc) is 2.47. The van der Waals surface area contributed by atoms with E-state index < -0.39 is 0 Å². The number of hydrogen-bond donors (Lipinski definition) is 3. The molecule has 20 heavy (non-hydrogen) atoms. The van der Waals surface area contributed by atoms with Crippen molar-refractivity contribution in [3.8, 4) is 0 Å². The summed E-state index contributed by atoms with van der Waals surface area (Å²) in [5, 5.41) is 3.10. The first-order chi connectivity index (χ1) is 9.63. The third-order valence-electron chi connectivity index (χ3n) is 2.83. The zero-order valence-electron chi connectivity index (χ0n) is 11.0. The van der Waals surface area contributed by atoms with Gasteiger partial charge in [0.25, 0.3) is 5.91 Å². The molecule has 1 aromatic carbocycles. The van der Waals surface area contributed by atoms with Crippen LogP contribution in [-0.4, -0.2) is 10.9 Å². The Labute approximate surface area is 122 Å². The molecule has 0 unspecified atom stereocenters. The second kappa shape index (κ2) is 6.36. The van der Waals surface area contributed by atoms with Crippen LogP contribution in [-0.2, 0) is 6.42 Å². The van der Waals surface area contributed by atoms with Gasteiger partial charge in [0.15, 0.2) is 5.82 Å². The Morgan fingerprint density at radius 2 is 2.20 bits per heavy atom. The topological polar surface area (TPSA) is 80.0 Å². The third kappa shape index (κ3) is 3.26. The SMILES string of the molecule is CCc1cccc(NC(=O)c2cnc(NN)c(Cl)c2)c1. The van der Waals surface area contributed by atoms with Crippen LogP contribution < -0.4 is 16.6 Å². The largest absolute Gasteiger partial charge is 0.322 e. The maximum Gasteiger partial charge on any atom is 0.257 e. The number of nitrogen functional groups attached to an aromatic ring is 1. The van der Waals surface area contributed by atoms with E-state index in [2.05, 4.69) is 22.7 Å². The van der Waals surface area contributed by atoms with Gasteiger partial charge in [-0.15, -0.1) is 0 Å². The van der Waals surface area contributed by atoms with Crippen molar-refractivity contribution in [3.05, 3.63) is 52.7 Å². The molecule has 6 heteroatoms. The van der Waals surface area contributed by atoms with E-state index in [0.717, 1.165) is 17.7 Å². The molecule has 2 rings (SSSR count). The van der Waals surface area contributed by atoms with Crippen LogP contribution in [0.5, 0.6) is 0 Å². The number of aryl methyl sites for hydroxylation is 1. The normalized spacial score (nSPS) is 10.2. The Morgan fingerprint density at radius 3 is 2.85 bits per heavy atom. The first kappa shape index (κ1) is 14.3. The summed E-state index contributed by atoms with van der Waals surface area (Å²) < 4.78 is 0. The van der Waals surface area contributed by atoms with Gasteiger partial charge < -0.3 is 10.7 Å². The summed E-state index contributed by atoms with van der Waals surface area (Å²) in [6.07, 6.45) is 2.33. The Balaban J connectivity index is 2.17. The van der Waals surface area contributed by atoms with Crippen LogP contribution in [0.15, 0.2) is 36.5 Å². The highest BCUT2D eigenvalue weighted by Crippen LogP contribution is 2.20. The highest BCUT2D eigenvalue weighted by molar-refractivity contribution is 6.33. The Kier molecular flexibility index (Phi) is 4.55. The fourth-order valence-electron chi connectivity index (χ4n) is 1.74. The smallest absolute Gasteiger partial charge is 0.257 e. The lowest BCUT2D eigenvalue weighted by molar-refractivity contribution is 0.102. The Morgan fingerprint density at radius 1 is 1.40 bits per heavy atom. The molecule has 0 saturated carbocycles. The van der Waals surface area contributed by atoms with Crippen LogP contribution in [0.3, 0.4) is 0 Å². The third-order valence-corrected chi connectivity index (χ3v) is 3.12. The molecule has 2 aromatic rings. The van der Waals surface area contributed by atoms with E-state index in [4.69, 9.17) is 17.4 Å². The predicted octanol–water partition coefficient (Wildman–Crippen LogP) is 2.84. The van der Waals surface area contributed by atoms with Crippen LogP contribution in [0.4, 0.5) is 11.5 Å². The lowest BCUT2D eigenvalue weighted by atomic mass is 10.1. The number of carbonyl (C=O) groups is 1. The molecule has 0 radical (unpaired) electrons. The number of nitrogens with one attached hydrogen (secondary N) is 2. The van der Waals surface area contributed by atoms with E-state index in [1.165, 1.54) is 12.3 Å². The number of aromatic nitrogens is 1. The lowest BCUT2D eigenvalue weighted by Crippen LogP contribution is -2.14. The summed E-state index contributed by atoms with van der Waals surface area (Å²) in [5.41, 5.74) is 4.62. The van der Waals surface area contributed by atoms with Gasteiger partial charge in [0.05, 0.1) is 10.6 Å². The second-order valence-electron chi connectivity index (χ2n) is 4.21. The van der Waals surface area contributed by atoms with Crippen LogP contribution in [0.2, 0.25) is 5.02 Å². The van der Waals surface area contributed by atoms with Crippen molar-refractivity contribution in [2.75, 3.05) is 10.7 Å². The molecule has 0 aliphatic heterocycles. The van der Waals surface area contributed by atoms with Gasteiger partial charge in [-0.2, -0.15) is 0 Å². The van der Waals surface area contributed by atoms with Crippen molar-refractivity contribution in [2.24, 2.45) is 5.84 Å². The molecule has 0 aliphatic carbocycles. The van der Waals surface area contributed by atoms with Gasteiger partial charge in [-0.1, -0.05) is 30.7 Å². The number of hydrogen-bond acceptors (Lipinski definition) is 4. The molecule has 0 bridgehead atoms. The number of nitrogens with zero attached hydrogens (tertiary/aromatic N) is 1. The van der Waals surface area contributed by atoms with E-state index in [9.17, 15) is 4.79 Å². The number of anilines is 2. The fourth-order valence-corrected chi connectivity index (χ4v) is 1.96. The molecule has 4 N–H and O–H groups in total. The molecule has 1 amide bonds. The molecule has 0 saturated heterocycles. The molecular weight excluding hydrogens is 276 g/mol. The fraction of sp³-hybridized carbons (Fsp3) is 0.143. The summed E-state index contributed by atoms with van der Waals surface area (Å²) >= 11 is 5.94. The number of carbonyl (C=O) groups excluding carboxylic acids is 1. The predicted molar refractivity (Wildman–Crippen MR) is 80.8 cm³/mol. The standard InChI is InChI=1S/C14H15ClN4O/c1-2-9-4-3-5-11(6-9)18-14(20)10-7-12(15)13(19-16)17-8-10/h3-8H,2,16H2,1H3,(H,17,19)(H,18,20). The van der Waals surface area contributed by atoms with Crippen molar-refractivity contribution in [2.45, 2.75) is 13.3 Å². The second-order valence-corrected chi connectivity index (χ2v) is 4.61. The monoisotopic (exact) mass is 290 g/mol. The highest BCUT2D eigenvalue weighted by Gasteiger charge is 2.10. The Bertz CT molecular complexity index is 630. The Hall–Kier alpha value is -2.11. The van der Waals surface area contributed by atoms with E-state index in [1.54, 1.807) is 0 Å². The molecule has 1 aromatic heterocycles. The number of hydrazine groups is 1. The maximum absolute atomic E-state index is 12.1.